The Labute approximate surface area is 396 Å². The summed E-state index contributed by atoms with van der Waals surface area (Å²) in [6, 6.07) is 78.8. The van der Waals surface area contributed by atoms with E-state index in [1.165, 1.54) is 87.8 Å². The lowest BCUT2D eigenvalue weighted by atomic mass is 9.33. The van der Waals surface area contributed by atoms with E-state index in [-0.39, 0.29) is 17.5 Å². The van der Waals surface area contributed by atoms with Crippen molar-refractivity contribution in [3.63, 3.8) is 0 Å². The third kappa shape index (κ3) is 5.64. The molecule has 0 aromatic heterocycles. The third-order valence-electron chi connectivity index (χ3n) is 15.1. The number of benzene rings is 9. The minimum atomic E-state index is -2.80. The molecule has 0 bridgehead atoms. The largest absolute Gasteiger partial charge is 0.312 e. The van der Waals surface area contributed by atoms with Crippen LogP contribution in [0.1, 0.15) is 52.7 Å². The van der Waals surface area contributed by atoms with Crippen molar-refractivity contribution in [2.45, 2.75) is 52.4 Å². The Balaban J connectivity index is 1.14. The molecule has 0 unspecified atom stereocenters. The van der Waals surface area contributed by atoms with E-state index in [0.29, 0.717) is 0 Å². The number of fused-ring (bicyclic) bond motifs is 13. The van der Waals surface area contributed by atoms with Gasteiger partial charge in [-0.15, -0.1) is 0 Å². The lowest BCUT2D eigenvalue weighted by Crippen LogP contribution is -2.77. The van der Waals surface area contributed by atoms with E-state index in [9.17, 15) is 0 Å². The van der Waals surface area contributed by atoms with Crippen molar-refractivity contribution in [3.05, 3.63) is 217 Å². The van der Waals surface area contributed by atoms with Gasteiger partial charge in [0.1, 0.15) is 0 Å². The molecule has 13 rings (SSSR count). The molecule has 4 heterocycles. The van der Waals surface area contributed by atoms with Crippen LogP contribution in [0.3, 0.4) is 0 Å². The van der Waals surface area contributed by atoms with Crippen LogP contribution in [0.15, 0.2) is 206 Å². The zero-order valence-corrected chi connectivity index (χ0v) is 40.0. The summed E-state index contributed by atoms with van der Waals surface area (Å²) in [6.07, 6.45) is 0. The Morgan fingerprint density at radius 2 is 0.925 bits per heavy atom. The maximum atomic E-state index is 2.69. The number of nitrogens with zero attached hydrogens (tertiary/aromatic N) is 3. The summed E-state index contributed by atoms with van der Waals surface area (Å²) in [5.74, 6) is 0. The Morgan fingerprint density at radius 1 is 0.388 bits per heavy atom. The molecule has 0 saturated heterocycles. The maximum absolute atomic E-state index is 2.80. The third-order valence-corrected chi connectivity index (χ3v) is 20.1. The second-order valence-electron chi connectivity index (χ2n) is 20.9. The second-order valence-corrected chi connectivity index (χ2v) is 24.6. The number of hydrogen-bond acceptors (Lipinski definition) is 3. The van der Waals surface area contributed by atoms with Gasteiger partial charge in [0.05, 0.1) is 0 Å². The molecule has 0 amide bonds. The lowest BCUT2D eigenvalue weighted by Gasteiger charge is -2.50. The molecule has 322 valence electrons. The quantitative estimate of drug-likeness (QED) is 0.163. The zero-order valence-electron chi connectivity index (χ0n) is 39.0. The molecule has 9 aromatic rings. The minimum Gasteiger partial charge on any atom is -0.312 e. The molecule has 9 aromatic carbocycles. The number of anilines is 9. The molecule has 0 N–H and O–H groups in total. The van der Waals surface area contributed by atoms with E-state index < -0.39 is 8.07 Å². The predicted molar refractivity (Wildman–Crippen MR) is 289 cm³/mol. The highest BCUT2D eigenvalue weighted by Crippen LogP contribution is 2.49. The molecule has 0 saturated carbocycles. The van der Waals surface area contributed by atoms with Crippen LogP contribution in [0, 0.1) is 0 Å². The second kappa shape index (κ2) is 14.3. The fourth-order valence-electron chi connectivity index (χ4n) is 12.1. The molecular formula is C62H52BN3Si. The van der Waals surface area contributed by atoms with Crippen molar-refractivity contribution >= 4 is 103 Å². The monoisotopic (exact) mass is 877 g/mol. The van der Waals surface area contributed by atoms with Crippen LogP contribution >= 0.6 is 0 Å². The van der Waals surface area contributed by atoms with E-state index in [1.807, 2.05) is 0 Å². The molecule has 1 spiro atoms. The normalized spacial score (nSPS) is 14.4. The first-order valence-corrected chi connectivity index (χ1v) is 25.9. The first-order chi connectivity index (χ1) is 32.5. The van der Waals surface area contributed by atoms with Crippen molar-refractivity contribution in [1.29, 1.82) is 0 Å². The zero-order chi connectivity index (χ0) is 45.4. The molecule has 0 atom stereocenters. The van der Waals surface area contributed by atoms with Gasteiger partial charge in [0.25, 0.3) is 6.71 Å². The number of para-hydroxylation sites is 4. The van der Waals surface area contributed by atoms with Crippen LogP contribution in [0.4, 0.5) is 51.2 Å². The Morgan fingerprint density at radius 3 is 1.54 bits per heavy atom. The van der Waals surface area contributed by atoms with Gasteiger partial charge in [-0.05, 0) is 137 Å². The van der Waals surface area contributed by atoms with Gasteiger partial charge in [-0.25, -0.2) is 0 Å². The van der Waals surface area contributed by atoms with Crippen molar-refractivity contribution in [1.82, 2.24) is 0 Å². The number of rotatable bonds is 4. The minimum absolute atomic E-state index is 0.00975. The highest BCUT2D eigenvalue weighted by Gasteiger charge is 2.57. The van der Waals surface area contributed by atoms with Crippen LogP contribution in [0.25, 0.3) is 11.1 Å². The van der Waals surface area contributed by atoms with Gasteiger partial charge < -0.3 is 14.7 Å². The predicted octanol–water partition coefficient (Wildman–Crippen LogP) is 11.5. The van der Waals surface area contributed by atoms with Gasteiger partial charge in [0, 0.05) is 51.2 Å². The molecular weight excluding hydrogens is 826 g/mol. The van der Waals surface area contributed by atoms with Crippen LogP contribution < -0.4 is 51.8 Å². The van der Waals surface area contributed by atoms with Crippen molar-refractivity contribution in [2.24, 2.45) is 0 Å². The summed E-state index contributed by atoms with van der Waals surface area (Å²) < 4.78 is 0. The first-order valence-electron chi connectivity index (χ1n) is 23.9. The molecule has 0 radical (unpaired) electrons. The van der Waals surface area contributed by atoms with Gasteiger partial charge in [-0.2, -0.15) is 0 Å². The molecule has 4 aliphatic heterocycles. The fraction of sp³-hybridized carbons (Fsp3) is 0.129. The van der Waals surface area contributed by atoms with E-state index in [4.69, 9.17) is 0 Å². The van der Waals surface area contributed by atoms with E-state index in [1.54, 1.807) is 0 Å². The van der Waals surface area contributed by atoms with Gasteiger partial charge in [-0.1, -0.05) is 181 Å². The van der Waals surface area contributed by atoms with Crippen molar-refractivity contribution in [3.8, 4) is 11.1 Å². The summed E-state index contributed by atoms with van der Waals surface area (Å²) >= 11 is 0. The van der Waals surface area contributed by atoms with Crippen molar-refractivity contribution < 1.29 is 0 Å². The van der Waals surface area contributed by atoms with Gasteiger partial charge in [0.2, 0.25) is 0 Å². The van der Waals surface area contributed by atoms with Crippen LogP contribution in [-0.2, 0) is 10.8 Å². The average molecular weight is 878 g/mol. The lowest BCUT2D eigenvalue weighted by molar-refractivity contribution is 0.590. The molecule has 3 nitrogen and oxygen atoms in total. The molecule has 0 fully saturated rings. The van der Waals surface area contributed by atoms with Gasteiger partial charge >= 0.3 is 0 Å². The summed E-state index contributed by atoms with van der Waals surface area (Å²) in [6.45, 7) is 14.0. The van der Waals surface area contributed by atoms with Crippen molar-refractivity contribution in [2.75, 3.05) is 14.7 Å². The maximum Gasteiger partial charge on any atom is 0.252 e. The van der Waals surface area contributed by atoms with Crippen LogP contribution in [0.2, 0.25) is 0 Å². The summed E-state index contributed by atoms with van der Waals surface area (Å²) in [5.41, 5.74) is 20.3. The first kappa shape index (κ1) is 40.0. The highest BCUT2D eigenvalue weighted by molar-refractivity contribution is 7.24. The topological polar surface area (TPSA) is 9.72 Å². The van der Waals surface area contributed by atoms with Crippen LogP contribution in [0.5, 0.6) is 0 Å². The van der Waals surface area contributed by atoms with E-state index in [2.05, 4.69) is 262 Å². The van der Waals surface area contributed by atoms with Gasteiger partial charge in [-0.3, -0.25) is 0 Å². The summed E-state index contributed by atoms with van der Waals surface area (Å²) in [7, 11) is -2.80. The van der Waals surface area contributed by atoms with E-state index >= 15 is 0 Å². The molecule has 0 aliphatic carbocycles. The Bertz CT molecular complexity index is 3370. The van der Waals surface area contributed by atoms with Gasteiger partial charge in [0.15, 0.2) is 8.07 Å². The van der Waals surface area contributed by atoms with E-state index in [0.717, 1.165) is 22.7 Å². The summed E-state index contributed by atoms with van der Waals surface area (Å²) in [5, 5.41) is 5.93. The summed E-state index contributed by atoms with van der Waals surface area (Å²) in [4.78, 5) is 7.69. The smallest absolute Gasteiger partial charge is 0.252 e. The molecule has 4 aliphatic rings. The standard InChI is InChI=1S/C62H52BN3Si/c1-61(2,3)41-32-34-45(35-33-41)65-52-40-46(64(43-20-9-7-10-21-43)44-22-11-8-12-23-44)36-37-49(52)63-50-26-19-31-58-60(50)66(54-39-42(62(4,5)6)38-53(65)59(54)63)51-27-15-18-30-57(51)67(58)55-28-16-13-24-47(55)48-25-14-17-29-56(48)67/h7-40H,1-6H3. The number of hydrogen-bond donors (Lipinski definition) is 0. The molecule has 5 heteroatoms. The molecule has 67 heavy (non-hydrogen) atoms. The van der Waals surface area contributed by atoms with Crippen LogP contribution in [-0.4, -0.2) is 14.8 Å². The Kier molecular flexibility index (Phi) is 8.55. The fourth-order valence-corrected chi connectivity index (χ4v) is 17.7. The highest BCUT2D eigenvalue weighted by atomic mass is 28.3. The Hall–Kier alpha value is -7.34. The SMILES string of the molecule is CC(C)(C)c1ccc(N2c3cc(N(c4ccccc4)c4ccccc4)ccc3B3c4cccc5c4N(c4ccccc4[Si]54c5ccccc5-c5ccccc54)c4cc(C(C)(C)C)cc2c43)cc1. The average Bonchev–Trinajstić information content (AvgIpc) is 3.64.